The highest BCUT2D eigenvalue weighted by atomic mass is 19.4. The molecule has 0 spiro atoms. The fourth-order valence-corrected chi connectivity index (χ4v) is 2.35. The van der Waals surface area contributed by atoms with Crippen LogP contribution in [-0.4, -0.2) is 31.8 Å². The van der Waals surface area contributed by atoms with Gasteiger partial charge in [-0.2, -0.15) is 22.8 Å². The van der Waals surface area contributed by atoms with Crippen molar-refractivity contribution in [2.45, 2.75) is 26.1 Å². The maximum Gasteiger partial charge on any atom is 0.416 e. The van der Waals surface area contributed by atoms with Crippen molar-refractivity contribution in [3.8, 4) is 11.1 Å². The van der Waals surface area contributed by atoms with Gasteiger partial charge in [-0.15, -0.1) is 10.2 Å². The van der Waals surface area contributed by atoms with Crippen LogP contribution in [-0.2, 0) is 6.18 Å². The van der Waals surface area contributed by atoms with Crippen LogP contribution >= 0.6 is 0 Å². The molecule has 1 amide bonds. The van der Waals surface area contributed by atoms with Crippen molar-refractivity contribution in [2.24, 2.45) is 0 Å². The zero-order chi connectivity index (χ0) is 18.2. The molecule has 130 valence electrons. The van der Waals surface area contributed by atoms with Crippen LogP contribution in [0.15, 0.2) is 36.7 Å². The summed E-state index contributed by atoms with van der Waals surface area (Å²) in [5.41, 5.74) is 0.155. The van der Waals surface area contributed by atoms with E-state index in [1.807, 2.05) is 0 Å². The third kappa shape index (κ3) is 3.44. The quantitative estimate of drug-likeness (QED) is 0.789. The molecule has 25 heavy (non-hydrogen) atoms. The monoisotopic (exact) mass is 349 g/mol. The smallest absolute Gasteiger partial charge is 0.348 e. The second-order valence-corrected chi connectivity index (χ2v) is 5.75. The lowest BCUT2D eigenvalue weighted by molar-refractivity contribution is -0.137. The summed E-state index contributed by atoms with van der Waals surface area (Å²) in [6, 6.07) is 6.12. The predicted molar refractivity (Wildman–Crippen MR) is 83.8 cm³/mol. The molecule has 2 aromatic heterocycles. The van der Waals surface area contributed by atoms with Crippen LogP contribution in [0.4, 0.5) is 13.2 Å². The first-order chi connectivity index (χ1) is 11.8. The number of halogens is 3. The molecular weight excluding hydrogens is 335 g/mol. The summed E-state index contributed by atoms with van der Waals surface area (Å²) in [6.45, 7) is 3.59. The van der Waals surface area contributed by atoms with Crippen molar-refractivity contribution in [1.82, 2.24) is 25.1 Å². The highest BCUT2D eigenvalue weighted by Gasteiger charge is 2.30. The summed E-state index contributed by atoms with van der Waals surface area (Å²) in [5.74, 6) is -0.432. The number of nitrogens with one attached hydrogen (secondary N) is 1. The number of amides is 1. The molecule has 0 fully saturated rings. The fourth-order valence-electron chi connectivity index (χ4n) is 2.35. The van der Waals surface area contributed by atoms with Gasteiger partial charge in [0.1, 0.15) is 12.0 Å². The summed E-state index contributed by atoms with van der Waals surface area (Å²) in [6.07, 6.45) is -3.18. The van der Waals surface area contributed by atoms with Crippen molar-refractivity contribution < 1.29 is 18.0 Å². The Labute approximate surface area is 140 Å². The highest BCUT2D eigenvalue weighted by molar-refractivity contribution is 5.94. The van der Waals surface area contributed by atoms with E-state index < -0.39 is 17.6 Å². The molecule has 0 aliphatic heterocycles. The molecule has 1 aromatic carbocycles. The largest absolute Gasteiger partial charge is 0.416 e. The van der Waals surface area contributed by atoms with Gasteiger partial charge in [0, 0.05) is 11.6 Å². The minimum absolute atomic E-state index is 0.0633. The number of fused-ring (bicyclic) bond motifs is 1. The van der Waals surface area contributed by atoms with E-state index in [1.165, 1.54) is 29.0 Å². The van der Waals surface area contributed by atoms with Gasteiger partial charge in [0.2, 0.25) is 0 Å². The number of carbonyl (C=O) groups is 1. The summed E-state index contributed by atoms with van der Waals surface area (Å²) in [7, 11) is 0. The lowest BCUT2D eigenvalue weighted by atomic mass is 10.0. The number of nitrogens with zero attached hydrogens (tertiary/aromatic N) is 4. The average Bonchev–Trinajstić information content (AvgIpc) is 3.01. The van der Waals surface area contributed by atoms with Crippen molar-refractivity contribution in [3.05, 3.63) is 47.9 Å². The van der Waals surface area contributed by atoms with Gasteiger partial charge in [-0.05, 0) is 37.6 Å². The Bertz CT molecular complexity index is 933. The highest BCUT2D eigenvalue weighted by Crippen LogP contribution is 2.33. The third-order valence-electron chi connectivity index (χ3n) is 3.42. The Balaban J connectivity index is 2.15. The standard InChI is InChI=1S/C16H14F3N5O/c1-9(2)21-15(25)13-7-12(14-22-20-8-24(14)23-13)10-4-3-5-11(6-10)16(17,18)19/h3-9H,1-2H3,(H,21,25). The molecule has 3 rings (SSSR count). The van der Waals surface area contributed by atoms with Crippen LogP contribution in [0, 0.1) is 0 Å². The molecular formula is C16H14F3N5O. The molecule has 6 nitrogen and oxygen atoms in total. The van der Waals surface area contributed by atoms with Gasteiger partial charge in [0.15, 0.2) is 5.65 Å². The second kappa shape index (κ2) is 6.15. The van der Waals surface area contributed by atoms with Gasteiger partial charge in [-0.25, -0.2) is 0 Å². The van der Waals surface area contributed by atoms with Gasteiger partial charge >= 0.3 is 6.18 Å². The van der Waals surface area contributed by atoms with Crippen LogP contribution in [0.3, 0.4) is 0 Å². The topological polar surface area (TPSA) is 72.2 Å². The van der Waals surface area contributed by atoms with Crippen LogP contribution in [0.1, 0.15) is 29.9 Å². The van der Waals surface area contributed by atoms with Gasteiger partial charge in [0.05, 0.1) is 5.56 Å². The summed E-state index contributed by atoms with van der Waals surface area (Å²) in [4.78, 5) is 12.2. The molecule has 1 N–H and O–H groups in total. The molecule has 3 aromatic rings. The zero-order valence-electron chi connectivity index (χ0n) is 13.4. The van der Waals surface area contributed by atoms with Gasteiger partial charge in [-0.1, -0.05) is 12.1 Å². The van der Waals surface area contributed by atoms with Crippen LogP contribution < -0.4 is 5.32 Å². The summed E-state index contributed by atoms with van der Waals surface area (Å²) in [5, 5.41) is 14.4. The zero-order valence-corrected chi connectivity index (χ0v) is 13.4. The van der Waals surface area contributed by atoms with E-state index in [-0.39, 0.29) is 22.9 Å². The Kier molecular flexibility index (Phi) is 4.15. The van der Waals surface area contributed by atoms with E-state index in [2.05, 4.69) is 20.6 Å². The van der Waals surface area contributed by atoms with Crippen LogP contribution in [0.25, 0.3) is 16.8 Å². The number of carbonyl (C=O) groups excluding carboxylic acids is 1. The van der Waals surface area contributed by atoms with E-state index in [4.69, 9.17) is 0 Å². The first-order valence-electron chi connectivity index (χ1n) is 7.45. The number of benzene rings is 1. The molecule has 0 atom stereocenters. The number of alkyl halides is 3. The van der Waals surface area contributed by atoms with Crippen LogP contribution in [0.5, 0.6) is 0 Å². The number of rotatable bonds is 3. The SMILES string of the molecule is CC(C)NC(=O)c1cc(-c2cccc(C(F)(F)F)c2)c2nncn2n1. The predicted octanol–water partition coefficient (Wildman–Crippen LogP) is 2.95. The normalized spacial score (nSPS) is 11.9. The second-order valence-electron chi connectivity index (χ2n) is 5.75. The van der Waals surface area contributed by atoms with E-state index in [0.717, 1.165) is 12.1 Å². The summed E-state index contributed by atoms with van der Waals surface area (Å²) >= 11 is 0. The van der Waals surface area contributed by atoms with Gasteiger partial charge < -0.3 is 5.32 Å². The maximum absolute atomic E-state index is 13.0. The molecule has 0 unspecified atom stereocenters. The molecule has 0 aliphatic rings. The first kappa shape index (κ1) is 16.9. The minimum Gasteiger partial charge on any atom is -0.348 e. The summed E-state index contributed by atoms with van der Waals surface area (Å²) < 4.78 is 40.2. The Morgan fingerprint density at radius 2 is 2.00 bits per heavy atom. The van der Waals surface area contributed by atoms with Crippen LogP contribution in [0.2, 0.25) is 0 Å². The van der Waals surface area contributed by atoms with E-state index in [9.17, 15) is 18.0 Å². The lowest BCUT2D eigenvalue weighted by Crippen LogP contribution is -2.31. The molecule has 0 aliphatic carbocycles. The Morgan fingerprint density at radius 1 is 1.24 bits per heavy atom. The number of hydrogen-bond acceptors (Lipinski definition) is 4. The van der Waals surface area contributed by atoms with Crippen molar-refractivity contribution in [1.29, 1.82) is 0 Å². The lowest BCUT2D eigenvalue weighted by Gasteiger charge is -2.11. The molecule has 0 bridgehead atoms. The molecule has 0 saturated heterocycles. The molecule has 0 radical (unpaired) electrons. The maximum atomic E-state index is 13.0. The van der Waals surface area contributed by atoms with Crippen molar-refractivity contribution >= 4 is 11.6 Å². The van der Waals surface area contributed by atoms with Gasteiger partial charge in [-0.3, -0.25) is 4.79 Å². The van der Waals surface area contributed by atoms with Crippen molar-refractivity contribution in [3.63, 3.8) is 0 Å². The Morgan fingerprint density at radius 3 is 2.68 bits per heavy atom. The average molecular weight is 349 g/mol. The molecule has 2 heterocycles. The first-order valence-corrected chi connectivity index (χ1v) is 7.45. The minimum atomic E-state index is -4.47. The van der Waals surface area contributed by atoms with E-state index >= 15 is 0 Å². The molecule has 0 saturated carbocycles. The van der Waals surface area contributed by atoms with E-state index in [0.29, 0.717) is 5.56 Å². The number of hydrogen-bond donors (Lipinski definition) is 1. The van der Waals surface area contributed by atoms with Gasteiger partial charge in [0.25, 0.3) is 5.91 Å². The third-order valence-corrected chi connectivity index (χ3v) is 3.42. The van der Waals surface area contributed by atoms with Crippen molar-refractivity contribution in [2.75, 3.05) is 0 Å². The fraction of sp³-hybridized carbons (Fsp3) is 0.250. The van der Waals surface area contributed by atoms with E-state index in [1.54, 1.807) is 13.8 Å². The number of aromatic nitrogens is 4. The molecule has 9 heteroatoms. The Hall–Kier alpha value is -2.97.